The highest BCUT2D eigenvalue weighted by Gasteiger charge is 2.26. The van der Waals surface area contributed by atoms with Gasteiger partial charge in [0.15, 0.2) is 46.2 Å². The number of likely N-dealkylation sites (N-methyl/N-ethyl adjacent to an activating group) is 4. The number of anilines is 4. The minimum atomic E-state index is -2.72. The van der Waals surface area contributed by atoms with Gasteiger partial charge in [0, 0.05) is 138 Å². The average molecular weight is 1740 g/mol. The van der Waals surface area contributed by atoms with Gasteiger partial charge in [-0.05, 0) is 266 Å². The van der Waals surface area contributed by atoms with Gasteiger partial charge in [0.1, 0.15) is 37.7 Å². The van der Waals surface area contributed by atoms with Crippen LogP contribution >= 0.6 is 0 Å². The number of nitrogens with zero attached hydrogens (tertiary/aromatic N) is 18. The number of alkyl halides is 2. The van der Waals surface area contributed by atoms with Crippen LogP contribution in [0, 0.1) is 58.3 Å². The van der Waals surface area contributed by atoms with E-state index in [9.17, 15) is 8.78 Å². The Morgan fingerprint density at radius 1 is 0.385 bits per heavy atom. The van der Waals surface area contributed by atoms with Crippen LogP contribution in [0.15, 0.2) is 135 Å². The second-order valence-electron chi connectivity index (χ2n) is 33.3. The fourth-order valence-electron chi connectivity index (χ4n) is 17.1. The monoisotopic (exact) mass is 1740 g/mol. The molecule has 20 rings (SSSR count). The van der Waals surface area contributed by atoms with E-state index in [0.29, 0.717) is 59.1 Å². The molecule has 0 fully saturated rings. The summed E-state index contributed by atoms with van der Waals surface area (Å²) in [5.74, 6) is 13.9. The van der Waals surface area contributed by atoms with Crippen molar-refractivity contribution in [1.29, 1.82) is 0 Å². The maximum absolute atomic E-state index is 13.0. The van der Waals surface area contributed by atoms with Gasteiger partial charge in [-0.25, -0.2) is 78.6 Å². The number of nitrogen functional groups attached to an aromatic ring is 4. The average Bonchev–Trinajstić information content (AvgIpc) is 1.50. The van der Waals surface area contributed by atoms with Crippen molar-refractivity contribution < 1.29 is 27.7 Å². The van der Waals surface area contributed by atoms with Crippen molar-refractivity contribution in [2.45, 2.75) is 133 Å². The fraction of sp³-hybridized carbons (Fsp3) is 0.286. The molecule has 12 N–H and O–H groups in total. The molecule has 0 atom stereocenters. The third kappa shape index (κ3) is 19.3. The lowest BCUT2D eigenvalue weighted by Gasteiger charge is -2.27. The second kappa shape index (κ2) is 37.9. The highest BCUT2D eigenvalue weighted by Crippen LogP contribution is 2.37. The Bertz CT molecular complexity index is 6900. The largest absolute Gasteiger partial charge is 0.470 e. The number of nitrogens with one attached hydrogen (secondary N) is 4. The van der Waals surface area contributed by atoms with Gasteiger partial charge < -0.3 is 81.4 Å². The Balaban J connectivity index is 0.000000121. The first kappa shape index (κ1) is 87.1. The summed E-state index contributed by atoms with van der Waals surface area (Å²) in [6.07, 6.45) is 15.0. The van der Waals surface area contributed by atoms with Crippen molar-refractivity contribution in [3.63, 3.8) is 0 Å². The van der Waals surface area contributed by atoms with E-state index in [1.54, 1.807) is 63.3 Å². The summed E-state index contributed by atoms with van der Waals surface area (Å²) in [6, 6.07) is 28.9. The predicted molar refractivity (Wildman–Crippen MR) is 499 cm³/mol. The molecule has 4 aromatic carbocycles. The van der Waals surface area contributed by atoms with Gasteiger partial charge in [-0.1, -0.05) is 11.8 Å². The first-order chi connectivity index (χ1) is 62.9. The molecule has 12 aromatic heterocycles. The maximum atomic E-state index is 13.0. The molecular weight excluding hydrogens is 1640 g/mol. The smallest absolute Gasteiger partial charge is 0.295 e. The number of aromatic nitrogens is 18. The number of imidazole rings is 2. The lowest BCUT2D eigenvalue weighted by molar-refractivity contribution is 0.142. The lowest BCUT2D eigenvalue weighted by atomic mass is 9.92. The first-order valence-corrected chi connectivity index (χ1v) is 42.9. The number of hydrogen-bond donors (Lipinski definition) is 8. The maximum Gasteiger partial charge on any atom is 0.295 e. The molecular formula is C98H100F2N26O4. The van der Waals surface area contributed by atoms with Gasteiger partial charge >= 0.3 is 0 Å². The summed E-state index contributed by atoms with van der Waals surface area (Å²) in [7, 11) is 8.56. The zero-order chi connectivity index (χ0) is 90.5. The van der Waals surface area contributed by atoms with Crippen molar-refractivity contribution in [3.8, 4) is 92.2 Å². The minimum Gasteiger partial charge on any atom is -0.470 e. The SMILES string of the molecule is CC#Cc1cc2c(COc3nc(-c4cc(C)c5c(c4)CN(C)CC5)cnc3N)ccnc2[nH]1.CC#Cc1nc2nccc(COc3nc(-c4cc(C)c5c(c4)CN(C)CC5)cnc3N)c2[nH]1.Cc1cc(-c2cnc(N)c(OCc3ccnc4nc(C(F)F)[nH]c34)n2)cc2c1CCN(C)C2.Cc1cc2c(COc3nc(-c4cc(C)c5c(c4)CN(C)CC5)cnc3N)ccnc2[nH]1. The normalized spacial score (nSPS) is 13.7. The van der Waals surface area contributed by atoms with Gasteiger partial charge in [0.25, 0.3) is 29.9 Å². The molecule has 0 unspecified atom stereocenters. The molecule has 32 heteroatoms. The standard InChI is InChI=1S/C26H26N6O.C25H25N7O.C24H26N6O.C23H23F2N7O/c1-4-5-20-12-22-17(6-8-28-25(22)30-20)15-33-26-24(27)29-13-23(31-26)18-10-16(2)21-7-9-32(3)14-19(21)11-18;1-4-5-21-30-22-16(6-8-27-24(22)31-21)14-33-25-23(26)28-12-20(29-25)17-10-15(2)19-7-9-32(3)13-18(19)11-17;1-14-8-17(10-18-12-30(3)7-5-19(14)18)21-11-27-22(25)24(29-21)31-13-16-4-6-26-23-20(16)9-15(2)28-23;1-12-7-14(8-15-10-32(2)6-4-16(12)15)17-9-28-20(26)23(29-17)33-11-13-3-5-27-21-18(13)30-22(31-21)19(24)25/h6,8,10-13H,7,9,14-15H2,1-3H3,(H2,27,29)(H,28,30);6,8,10-12H,7,9,13-14H2,1-3H3,(H2,26,28)(H,27,30,31);4,6,8-11H,5,7,12-13H2,1-3H3,(H2,25,27)(H,26,28);3,5,7-9,19H,4,6,10-11H2,1-2H3,(H2,26,28)(H,27,30,31). The van der Waals surface area contributed by atoms with Crippen LogP contribution < -0.4 is 41.9 Å². The Kier molecular flexibility index (Phi) is 25.4. The lowest BCUT2D eigenvalue weighted by Crippen LogP contribution is -2.27. The molecule has 0 saturated heterocycles. The van der Waals surface area contributed by atoms with Crippen molar-refractivity contribution in [2.24, 2.45) is 0 Å². The van der Waals surface area contributed by atoms with Crippen molar-refractivity contribution in [1.82, 2.24) is 109 Å². The number of ether oxygens (including phenoxy) is 4. The molecule has 4 aliphatic rings. The van der Waals surface area contributed by atoms with Crippen molar-refractivity contribution in [3.05, 3.63) is 247 Å². The number of fused-ring (bicyclic) bond motifs is 8. The Morgan fingerprint density at radius 2 is 0.723 bits per heavy atom. The zero-order valence-corrected chi connectivity index (χ0v) is 74.3. The number of benzene rings is 4. The van der Waals surface area contributed by atoms with Crippen LogP contribution in [0.5, 0.6) is 23.5 Å². The van der Waals surface area contributed by atoms with E-state index >= 15 is 0 Å². The number of halogens is 2. The molecule has 0 aliphatic carbocycles. The highest BCUT2D eigenvalue weighted by molar-refractivity contribution is 5.83. The summed E-state index contributed by atoms with van der Waals surface area (Å²) in [5.41, 5.74) is 56.3. The molecule has 16 heterocycles. The van der Waals surface area contributed by atoms with Gasteiger partial charge in [-0.3, -0.25) is 0 Å². The van der Waals surface area contributed by atoms with E-state index in [1.807, 2.05) is 31.2 Å². The molecule has 0 spiro atoms. The summed E-state index contributed by atoms with van der Waals surface area (Å²) < 4.78 is 49.9. The van der Waals surface area contributed by atoms with E-state index in [4.69, 9.17) is 56.8 Å². The van der Waals surface area contributed by atoms with Crippen LogP contribution in [0.3, 0.4) is 0 Å². The summed E-state index contributed by atoms with van der Waals surface area (Å²) in [5, 5.41) is 2.00. The number of pyridine rings is 4. The molecule has 0 amide bonds. The number of H-pyrrole nitrogens is 4. The number of hydrogen-bond acceptors (Lipinski definition) is 26. The van der Waals surface area contributed by atoms with E-state index in [0.717, 1.165) is 173 Å². The molecule has 0 radical (unpaired) electrons. The van der Waals surface area contributed by atoms with E-state index in [2.05, 4.69) is 229 Å². The van der Waals surface area contributed by atoms with Crippen LogP contribution in [-0.4, -0.2) is 164 Å². The van der Waals surface area contributed by atoms with Crippen LogP contribution in [0.2, 0.25) is 0 Å². The summed E-state index contributed by atoms with van der Waals surface area (Å²) in [6.45, 7) is 23.1. The Morgan fingerprint density at radius 3 is 1.10 bits per heavy atom. The van der Waals surface area contributed by atoms with Crippen molar-refractivity contribution >= 4 is 67.7 Å². The van der Waals surface area contributed by atoms with Gasteiger partial charge in [0.05, 0.1) is 64.3 Å². The van der Waals surface area contributed by atoms with E-state index < -0.39 is 12.2 Å². The number of aryl methyl sites for hydroxylation is 5. The zero-order valence-electron chi connectivity index (χ0n) is 74.3. The predicted octanol–water partition coefficient (Wildman–Crippen LogP) is 14.7. The van der Waals surface area contributed by atoms with E-state index in [1.165, 1.54) is 73.0 Å². The summed E-state index contributed by atoms with van der Waals surface area (Å²) >= 11 is 0. The third-order valence-corrected chi connectivity index (χ3v) is 23.8. The molecule has 16 aromatic rings. The topological polar surface area (TPSA) is 398 Å². The third-order valence-electron chi connectivity index (χ3n) is 23.8. The fourth-order valence-corrected chi connectivity index (χ4v) is 17.1. The molecule has 660 valence electrons. The van der Waals surface area contributed by atoms with Crippen LogP contribution in [0.4, 0.5) is 32.1 Å². The van der Waals surface area contributed by atoms with Crippen LogP contribution in [0.25, 0.3) is 89.4 Å². The quantitative estimate of drug-likeness (QED) is 0.0393. The van der Waals surface area contributed by atoms with Gasteiger partial charge in [-0.15, -0.1) is 0 Å². The highest BCUT2D eigenvalue weighted by atomic mass is 19.3. The molecule has 0 saturated carbocycles. The Labute approximate surface area is 750 Å². The number of aromatic amines is 4. The van der Waals surface area contributed by atoms with Crippen LogP contribution in [0.1, 0.15) is 132 Å². The molecule has 0 bridgehead atoms. The minimum absolute atomic E-state index is 0.0419. The first-order valence-electron chi connectivity index (χ1n) is 42.9. The van der Waals surface area contributed by atoms with Crippen molar-refractivity contribution in [2.75, 3.05) is 77.3 Å². The van der Waals surface area contributed by atoms with E-state index in [-0.39, 0.29) is 48.0 Å². The number of rotatable bonds is 17. The Hall–Kier alpha value is -15.0. The molecule has 130 heavy (non-hydrogen) atoms. The molecule has 30 nitrogen and oxygen atoms in total. The second-order valence-corrected chi connectivity index (χ2v) is 33.3. The van der Waals surface area contributed by atoms with Gasteiger partial charge in [-0.2, -0.15) is 0 Å². The van der Waals surface area contributed by atoms with Gasteiger partial charge in [0.2, 0.25) is 0 Å². The molecule has 4 aliphatic heterocycles. The van der Waals surface area contributed by atoms with Crippen LogP contribution in [-0.2, 0) is 78.3 Å². The number of nitrogens with two attached hydrogens (primary N) is 4. The summed E-state index contributed by atoms with van der Waals surface area (Å²) in [4.78, 5) is 82.9.